The lowest BCUT2D eigenvalue weighted by Gasteiger charge is -2.40. The Morgan fingerprint density at radius 3 is 2.41 bits per heavy atom. The Kier molecular flexibility index (Phi) is 4.86. The number of amides is 1. The van der Waals surface area contributed by atoms with Crippen molar-refractivity contribution in [3.05, 3.63) is 29.8 Å². The van der Waals surface area contributed by atoms with E-state index < -0.39 is 10.0 Å². The first-order valence-electron chi connectivity index (χ1n) is 10.8. The first kappa shape index (κ1) is 19.1. The van der Waals surface area contributed by atoms with Crippen molar-refractivity contribution in [2.75, 3.05) is 32.7 Å². The van der Waals surface area contributed by atoms with E-state index in [1.165, 1.54) is 25.7 Å². The van der Waals surface area contributed by atoms with Gasteiger partial charge in [-0.1, -0.05) is 25.0 Å². The van der Waals surface area contributed by atoms with E-state index in [-0.39, 0.29) is 16.8 Å². The van der Waals surface area contributed by atoms with E-state index in [2.05, 4.69) is 9.30 Å². The molecule has 1 aromatic carbocycles. The molecule has 8 heteroatoms. The first-order valence-corrected chi connectivity index (χ1v) is 12.2. The van der Waals surface area contributed by atoms with E-state index >= 15 is 0 Å². The molecule has 0 spiro atoms. The van der Waals surface area contributed by atoms with Gasteiger partial charge in [-0.05, 0) is 37.8 Å². The molecule has 1 atom stereocenters. The molecule has 0 N–H and O–H groups in total. The first-order chi connectivity index (χ1) is 14.0. The number of amidine groups is 1. The number of fused-ring (bicyclic) bond motifs is 1. The molecule has 4 aliphatic rings. The normalized spacial score (nSPS) is 27.3. The second kappa shape index (κ2) is 7.40. The van der Waals surface area contributed by atoms with Gasteiger partial charge in [0.05, 0.1) is 0 Å². The van der Waals surface area contributed by atoms with Crippen molar-refractivity contribution in [2.24, 2.45) is 4.40 Å². The standard InChI is InChI=1S/C21H28N4O3S/c26-21(24-14-12-23(13-15-24)16-6-1-2-7-16)18-9-5-11-25(18)20-17-8-3-4-10-19(17)29(27,28)22-20/h3-4,8,10,16,18H,1-2,5-7,9,11-15H2/t18-/m0/s1. The highest BCUT2D eigenvalue weighted by Crippen LogP contribution is 2.32. The summed E-state index contributed by atoms with van der Waals surface area (Å²) in [5.74, 6) is 0.569. The second-order valence-corrected chi connectivity index (χ2v) is 10.1. The molecule has 3 aliphatic heterocycles. The number of nitrogens with zero attached hydrogens (tertiary/aromatic N) is 4. The summed E-state index contributed by atoms with van der Waals surface area (Å²) >= 11 is 0. The van der Waals surface area contributed by atoms with Crippen LogP contribution in [0.4, 0.5) is 0 Å². The van der Waals surface area contributed by atoms with Crippen molar-refractivity contribution in [1.82, 2.24) is 14.7 Å². The topological polar surface area (TPSA) is 73.3 Å². The number of likely N-dealkylation sites (tertiary alicyclic amines) is 1. The van der Waals surface area contributed by atoms with E-state index in [9.17, 15) is 13.2 Å². The third-order valence-corrected chi connectivity index (χ3v) is 8.21. The van der Waals surface area contributed by atoms with E-state index in [4.69, 9.17) is 0 Å². The van der Waals surface area contributed by atoms with Crippen molar-refractivity contribution < 1.29 is 13.2 Å². The Morgan fingerprint density at radius 1 is 0.931 bits per heavy atom. The third-order valence-electron chi connectivity index (χ3n) is 6.89. The number of hydrogen-bond donors (Lipinski definition) is 0. The van der Waals surface area contributed by atoms with Gasteiger partial charge in [-0.3, -0.25) is 9.69 Å². The van der Waals surface area contributed by atoms with Gasteiger partial charge in [0.1, 0.15) is 10.9 Å². The Bertz CT molecular complexity index is 931. The predicted octanol–water partition coefficient (Wildman–Crippen LogP) is 1.69. The molecule has 0 aromatic heterocycles. The summed E-state index contributed by atoms with van der Waals surface area (Å²) in [4.78, 5) is 20.0. The van der Waals surface area contributed by atoms with Crippen molar-refractivity contribution in [3.8, 4) is 0 Å². The maximum Gasteiger partial charge on any atom is 0.285 e. The molecule has 0 unspecified atom stereocenters. The van der Waals surface area contributed by atoms with Gasteiger partial charge in [0.25, 0.3) is 10.0 Å². The summed E-state index contributed by atoms with van der Waals surface area (Å²) in [5.41, 5.74) is 0.623. The number of hydrogen-bond acceptors (Lipinski definition) is 5. The highest BCUT2D eigenvalue weighted by molar-refractivity contribution is 7.90. The molecular weight excluding hydrogens is 388 g/mol. The van der Waals surface area contributed by atoms with Crippen LogP contribution in [0.25, 0.3) is 0 Å². The highest BCUT2D eigenvalue weighted by Gasteiger charge is 2.41. The van der Waals surface area contributed by atoms with Crippen LogP contribution in [-0.4, -0.2) is 79.7 Å². The number of benzene rings is 1. The van der Waals surface area contributed by atoms with Gasteiger partial charge < -0.3 is 9.80 Å². The van der Waals surface area contributed by atoms with Gasteiger partial charge in [0.15, 0.2) is 5.84 Å². The van der Waals surface area contributed by atoms with Crippen LogP contribution < -0.4 is 0 Å². The second-order valence-electron chi connectivity index (χ2n) is 8.54. The van der Waals surface area contributed by atoms with Crippen LogP contribution in [0.2, 0.25) is 0 Å². The summed E-state index contributed by atoms with van der Waals surface area (Å²) in [6.07, 6.45) is 6.86. The monoisotopic (exact) mass is 416 g/mol. The number of carbonyl (C=O) groups excluding carboxylic acids is 1. The minimum absolute atomic E-state index is 0.123. The molecule has 3 heterocycles. The Hall–Kier alpha value is -1.93. The third kappa shape index (κ3) is 3.36. The highest BCUT2D eigenvalue weighted by atomic mass is 32.2. The average molecular weight is 417 g/mol. The fourth-order valence-electron chi connectivity index (χ4n) is 5.36. The molecule has 7 nitrogen and oxygen atoms in total. The summed E-state index contributed by atoms with van der Waals surface area (Å²) in [6, 6.07) is 7.31. The van der Waals surface area contributed by atoms with Crippen LogP contribution in [0.5, 0.6) is 0 Å². The van der Waals surface area contributed by atoms with Crippen molar-refractivity contribution >= 4 is 21.8 Å². The fraction of sp³-hybridized carbons (Fsp3) is 0.619. The maximum atomic E-state index is 13.3. The molecule has 1 saturated carbocycles. The molecule has 0 radical (unpaired) electrons. The molecule has 2 saturated heterocycles. The lowest BCUT2D eigenvalue weighted by Crippen LogP contribution is -2.55. The van der Waals surface area contributed by atoms with Crippen LogP contribution in [0, 0.1) is 0 Å². The zero-order chi connectivity index (χ0) is 20.0. The SMILES string of the molecule is O=C([C@@H]1CCCN1C1=NS(=O)(=O)c2ccccc21)N1CCN(C2CCCC2)CC1. The molecule has 1 amide bonds. The van der Waals surface area contributed by atoms with E-state index in [1.807, 2.05) is 15.9 Å². The van der Waals surface area contributed by atoms with Crippen LogP contribution >= 0.6 is 0 Å². The number of carbonyl (C=O) groups is 1. The average Bonchev–Trinajstić information content (AvgIpc) is 3.48. The van der Waals surface area contributed by atoms with Crippen molar-refractivity contribution in [2.45, 2.75) is 55.5 Å². The molecule has 3 fully saturated rings. The van der Waals surface area contributed by atoms with Crippen LogP contribution in [0.3, 0.4) is 0 Å². The molecule has 5 rings (SSSR count). The van der Waals surface area contributed by atoms with Gasteiger partial charge in [-0.15, -0.1) is 4.40 Å². The minimum atomic E-state index is -3.67. The summed E-state index contributed by atoms with van der Waals surface area (Å²) < 4.78 is 28.9. The molecule has 1 aromatic rings. The largest absolute Gasteiger partial charge is 0.343 e. The Balaban J connectivity index is 1.31. The molecule has 0 bridgehead atoms. The predicted molar refractivity (Wildman–Crippen MR) is 110 cm³/mol. The van der Waals surface area contributed by atoms with Gasteiger partial charge in [0, 0.05) is 44.3 Å². The van der Waals surface area contributed by atoms with Gasteiger partial charge >= 0.3 is 0 Å². The summed E-state index contributed by atoms with van der Waals surface area (Å²) in [6.45, 7) is 4.09. The van der Waals surface area contributed by atoms with Gasteiger partial charge in [-0.25, -0.2) is 0 Å². The Labute approximate surface area is 172 Å². The minimum Gasteiger partial charge on any atom is -0.343 e. The molecule has 29 heavy (non-hydrogen) atoms. The van der Waals surface area contributed by atoms with E-state index in [0.29, 0.717) is 24.0 Å². The number of piperazine rings is 1. The smallest absolute Gasteiger partial charge is 0.285 e. The zero-order valence-electron chi connectivity index (χ0n) is 16.7. The van der Waals surface area contributed by atoms with Crippen LogP contribution in [0.15, 0.2) is 33.6 Å². The van der Waals surface area contributed by atoms with Gasteiger partial charge in [-0.2, -0.15) is 8.42 Å². The Morgan fingerprint density at radius 2 is 1.66 bits per heavy atom. The van der Waals surface area contributed by atoms with Crippen molar-refractivity contribution in [3.63, 3.8) is 0 Å². The van der Waals surface area contributed by atoms with E-state index in [1.54, 1.807) is 18.2 Å². The quantitative estimate of drug-likeness (QED) is 0.734. The van der Waals surface area contributed by atoms with Gasteiger partial charge in [0.2, 0.25) is 5.91 Å². The van der Waals surface area contributed by atoms with Crippen LogP contribution in [0.1, 0.15) is 44.1 Å². The summed E-state index contributed by atoms with van der Waals surface area (Å²) in [5, 5.41) is 0. The van der Waals surface area contributed by atoms with E-state index in [0.717, 1.165) is 39.0 Å². The number of rotatable bonds is 2. The van der Waals surface area contributed by atoms with Crippen LogP contribution in [-0.2, 0) is 14.8 Å². The lowest BCUT2D eigenvalue weighted by molar-refractivity contribution is -0.136. The molecular formula is C21H28N4O3S. The molecule has 1 aliphatic carbocycles. The maximum absolute atomic E-state index is 13.3. The lowest BCUT2D eigenvalue weighted by atomic mass is 10.1. The molecule has 156 valence electrons. The number of sulfonamides is 1. The van der Waals surface area contributed by atoms with Crippen molar-refractivity contribution in [1.29, 1.82) is 0 Å². The summed E-state index contributed by atoms with van der Waals surface area (Å²) in [7, 11) is -3.67. The zero-order valence-corrected chi connectivity index (χ0v) is 17.5. The fourth-order valence-corrected chi connectivity index (χ4v) is 6.58.